The summed E-state index contributed by atoms with van der Waals surface area (Å²) < 4.78 is 17.5. The van der Waals surface area contributed by atoms with Gasteiger partial charge in [-0.05, 0) is 37.3 Å². The highest BCUT2D eigenvalue weighted by molar-refractivity contribution is 6.31. The van der Waals surface area contributed by atoms with Crippen LogP contribution < -0.4 is 4.74 Å². The molecule has 0 fully saturated rings. The minimum atomic E-state index is 0.563. The van der Waals surface area contributed by atoms with Crippen molar-refractivity contribution in [3.63, 3.8) is 0 Å². The van der Waals surface area contributed by atoms with Gasteiger partial charge in [0.15, 0.2) is 11.5 Å². The van der Waals surface area contributed by atoms with E-state index in [2.05, 4.69) is 0 Å². The Morgan fingerprint density at radius 3 is 2.77 bits per heavy atom. The molecule has 4 heteroatoms. The number of halogens is 1. The third-order valence-electron chi connectivity index (χ3n) is 3.62. The Hall–Kier alpha value is -2.39. The summed E-state index contributed by atoms with van der Waals surface area (Å²) in [5.74, 6) is 1.41. The van der Waals surface area contributed by atoms with Gasteiger partial charge in [-0.3, -0.25) is 0 Å². The lowest BCUT2D eigenvalue weighted by atomic mass is 10.1. The Morgan fingerprint density at radius 2 is 1.91 bits per heavy atom. The van der Waals surface area contributed by atoms with E-state index in [1.54, 1.807) is 12.3 Å². The Morgan fingerprint density at radius 1 is 1.05 bits per heavy atom. The zero-order chi connectivity index (χ0) is 15.1. The summed E-state index contributed by atoms with van der Waals surface area (Å²) in [5, 5.41) is 2.52. The number of fused-ring (bicyclic) bond motifs is 2. The van der Waals surface area contributed by atoms with Crippen LogP contribution in [0.5, 0.6) is 5.75 Å². The van der Waals surface area contributed by atoms with Gasteiger partial charge in [-0.1, -0.05) is 23.7 Å². The Balaban J connectivity index is 2.03. The Bertz CT molecular complexity index is 965. The molecule has 4 rings (SSSR count). The molecule has 0 aliphatic heterocycles. The van der Waals surface area contributed by atoms with Crippen LogP contribution in [-0.2, 0) is 0 Å². The van der Waals surface area contributed by atoms with Crippen molar-refractivity contribution in [2.24, 2.45) is 0 Å². The molecule has 0 aliphatic carbocycles. The summed E-state index contributed by atoms with van der Waals surface area (Å²) in [5.41, 5.74) is 2.40. The molecule has 2 heterocycles. The van der Waals surface area contributed by atoms with Gasteiger partial charge >= 0.3 is 0 Å². The van der Waals surface area contributed by atoms with Crippen LogP contribution in [0.1, 0.15) is 6.92 Å². The molecule has 0 spiro atoms. The molecule has 0 N–H and O–H groups in total. The fraction of sp³-hybridized carbons (Fsp3) is 0.111. The van der Waals surface area contributed by atoms with E-state index in [9.17, 15) is 0 Å². The number of para-hydroxylation sites is 1. The minimum Gasteiger partial charge on any atom is -0.489 e. The van der Waals surface area contributed by atoms with Crippen molar-refractivity contribution in [1.82, 2.24) is 0 Å². The second-order valence-corrected chi connectivity index (χ2v) is 5.42. The van der Waals surface area contributed by atoms with Crippen molar-refractivity contribution in [1.29, 1.82) is 0 Å². The number of ether oxygens (including phenoxy) is 1. The average molecular weight is 313 g/mol. The van der Waals surface area contributed by atoms with Crippen molar-refractivity contribution < 1.29 is 13.6 Å². The van der Waals surface area contributed by atoms with Crippen molar-refractivity contribution in [2.75, 3.05) is 6.61 Å². The summed E-state index contributed by atoms with van der Waals surface area (Å²) in [7, 11) is 0. The van der Waals surface area contributed by atoms with Gasteiger partial charge in [0.1, 0.15) is 17.4 Å². The molecule has 0 unspecified atom stereocenters. The summed E-state index contributed by atoms with van der Waals surface area (Å²) in [6, 6.07) is 13.4. The minimum absolute atomic E-state index is 0.563. The van der Waals surface area contributed by atoms with Crippen molar-refractivity contribution in [3.8, 4) is 17.1 Å². The van der Waals surface area contributed by atoms with Crippen LogP contribution in [0.4, 0.5) is 0 Å². The van der Waals surface area contributed by atoms with Gasteiger partial charge < -0.3 is 13.6 Å². The lowest BCUT2D eigenvalue weighted by molar-refractivity contribution is 0.341. The van der Waals surface area contributed by atoms with Gasteiger partial charge in [-0.2, -0.15) is 0 Å². The molecule has 0 amide bonds. The standard InChI is InChI=1S/C18H13ClO3/c1-2-20-17-12-5-3-4-6-16(12)22-18(17)14-10-21-15-8-7-11(19)9-13(14)15/h3-10H,2H2,1H3. The second-order valence-electron chi connectivity index (χ2n) is 4.98. The fourth-order valence-corrected chi connectivity index (χ4v) is 2.84. The normalized spacial score (nSPS) is 11.4. The van der Waals surface area contributed by atoms with Crippen molar-refractivity contribution >= 4 is 33.5 Å². The predicted molar refractivity (Wildman–Crippen MR) is 87.6 cm³/mol. The molecule has 0 atom stereocenters. The van der Waals surface area contributed by atoms with E-state index in [0.29, 0.717) is 17.4 Å². The van der Waals surface area contributed by atoms with Crippen LogP contribution in [-0.4, -0.2) is 6.61 Å². The smallest absolute Gasteiger partial charge is 0.181 e. The first-order chi connectivity index (χ1) is 10.8. The highest BCUT2D eigenvalue weighted by Crippen LogP contribution is 2.43. The molecule has 2 aromatic heterocycles. The predicted octanol–water partition coefficient (Wildman–Crippen LogP) is 5.90. The largest absolute Gasteiger partial charge is 0.489 e. The zero-order valence-electron chi connectivity index (χ0n) is 11.9. The van der Waals surface area contributed by atoms with Crippen LogP contribution in [0.25, 0.3) is 33.3 Å². The van der Waals surface area contributed by atoms with E-state index in [4.69, 9.17) is 25.2 Å². The molecule has 0 radical (unpaired) electrons. The van der Waals surface area contributed by atoms with E-state index < -0.39 is 0 Å². The first-order valence-corrected chi connectivity index (χ1v) is 7.47. The van der Waals surface area contributed by atoms with Gasteiger partial charge in [0.25, 0.3) is 0 Å². The van der Waals surface area contributed by atoms with E-state index in [1.165, 1.54) is 0 Å². The molecular weight excluding hydrogens is 300 g/mol. The molecule has 22 heavy (non-hydrogen) atoms. The van der Waals surface area contributed by atoms with Crippen LogP contribution in [0.15, 0.2) is 57.6 Å². The van der Waals surface area contributed by atoms with E-state index >= 15 is 0 Å². The zero-order valence-corrected chi connectivity index (χ0v) is 12.7. The number of benzene rings is 2. The molecule has 0 saturated heterocycles. The average Bonchev–Trinajstić information content (AvgIpc) is 3.09. The highest BCUT2D eigenvalue weighted by Gasteiger charge is 2.20. The van der Waals surface area contributed by atoms with Gasteiger partial charge in [0.2, 0.25) is 0 Å². The van der Waals surface area contributed by atoms with E-state index in [1.807, 2.05) is 43.3 Å². The first-order valence-electron chi connectivity index (χ1n) is 7.09. The van der Waals surface area contributed by atoms with Crippen molar-refractivity contribution in [3.05, 3.63) is 53.8 Å². The maximum Gasteiger partial charge on any atom is 0.181 e. The molecule has 0 saturated carbocycles. The second kappa shape index (κ2) is 5.11. The monoisotopic (exact) mass is 312 g/mol. The third-order valence-corrected chi connectivity index (χ3v) is 3.85. The van der Waals surface area contributed by atoms with Gasteiger partial charge in [0, 0.05) is 10.4 Å². The van der Waals surface area contributed by atoms with E-state index in [-0.39, 0.29) is 0 Å². The lowest BCUT2D eigenvalue weighted by Gasteiger charge is -2.03. The summed E-state index contributed by atoms with van der Waals surface area (Å²) in [6.45, 7) is 2.52. The highest BCUT2D eigenvalue weighted by atomic mass is 35.5. The lowest BCUT2D eigenvalue weighted by Crippen LogP contribution is -1.91. The molecule has 4 aromatic rings. The van der Waals surface area contributed by atoms with Crippen LogP contribution in [0.2, 0.25) is 5.02 Å². The quantitative estimate of drug-likeness (QED) is 0.472. The SMILES string of the molecule is CCOc1c(-c2coc3ccc(Cl)cc23)oc2ccccc12. The molecule has 0 bridgehead atoms. The Kier molecular flexibility index (Phi) is 3.09. The molecule has 3 nitrogen and oxygen atoms in total. The number of hydrogen-bond acceptors (Lipinski definition) is 3. The molecule has 2 aromatic carbocycles. The van der Waals surface area contributed by atoms with E-state index in [0.717, 1.165) is 33.3 Å². The van der Waals surface area contributed by atoms with Gasteiger partial charge in [-0.15, -0.1) is 0 Å². The third kappa shape index (κ3) is 1.97. The molecule has 110 valence electrons. The van der Waals surface area contributed by atoms with Crippen LogP contribution in [0.3, 0.4) is 0 Å². The van der Waals surface area contributed by atoms with Gasteiger partial charge in [0.05, 0.1) is 17.6 Å². The summed E-state index contributed by atoms with van der Waals surface area (Å²) in [6.07, 6.45) is 1.68. The number of rotatable bonds is 3. The molecular formula is C18H13ClO3. The topological polar surface area (TPSA) is 35.5 Å². The summed E-state index contributed by atoms with van der Waals surface area (Å²) >= 11 is 6.11. The number of hydrogen-bond donors (Lipinski definition) is 0. The molecule has 0 aliphatic rings. The maximum absolute atomic E-state index is 6.11. The van der Waals surface area contributed by atoms with Crippen LogP contribution >= 0.6 is 11.6 Å². The van der Waals surface area contributed by atoms with Crippen molar-refractivity contribution in [2.45, 2.75) is 6.92 Å². The van der Waals surface area contributed by atoms with Crippen LogP contribution in [0, 0.1) is 0 Å². The Labute approximate surface area is 132 Å². The maximum atomic E-state index is 6.11. The number of furan rings is 2. The fourth-order valence-electron chi connectivity index (χ4n) is 2.66. The first kappa shape index (κ1) is 13.3. The summed E-state index contributed by atoms with van der Waals surface area (Å²) in [4.78, 5) is 0. The van der Waals surface area contributed by atoms with Gasteiger partial charge in [-0.25, -0.2) is 0 Å².